The quantitative estimate of drug-likeness (QED) is 0.872. The van der Waals surface area contributed by atoms with E-state index in [2.05, 4.69) is 38.9 Å². The fourth-order valence-electron chi connectivity index (χ4n) is 3.28. The van der Waals surface area contributed by atoms with Crippen molar-refractivity contribution in [2.24, 2.45) is 7.05 Å². The molecule has 1 unspecified atom stereocenters. The molecule has 136 valence electrons. The number of imidazole rings is 1. The van der Waals surface area contributed by atoms with Gasteiger partial charge < -0.3 is 19.4 Å². The van der Waals surface area contributed by atoms with E-state index in [-0.39, 0.29) is 12.1 Å². The minimum Gasteiger partial charge on any atom is -0.493 e. The van der Waals surface area contributed by atoms with Crippen LogP contribution < -0.4 is 14.8 Å². The van der Waals surface area contributed by atoms with E-state index in [4.69, 9.17) is 9.47 Å². The van der Waals surface area contributed by atoms with Crippen molar-refractivity contribution >= 4 is 0 Å². The van der Waals surface area contributed by atoms with Gasteiger partial charge in [-0.05, 0) is 31.5 Å². The summed E-state index contributed by atoms with van der Waals surface area (Å²) < 4.78 is 13.4. The summed E-state index contributed by atoms with van der Waals surface area (Å²) >= 11 is 0. The van der Waals surface area contributed by atoms with Gasteiger partial charge in [0, 0.05) is 45.6 Å². The molecule has 0 radical (unpaired) electrons. The molecule has 1 aliphatic heterocycles. The fraction of sp³-hybridized carbons (Fsp3) is 0.526. The van der Waals surface area contributed by atoms with Crippen molar-refractivity contribution in [2.45, 2.75) is 32.5 Å². The SMILES string of the molecule is COc1cc(CN2CCNCC2c2nccn2C)ccc1OC(C)C. The summed E-state index contributed by atoms with van der Waals surface area (Å²) in [4.78, 5) is 7.02. The van der Waals surface area contributed by atoms with Gasteiger partial charge in [-0.2, -0.15) is 0 Å². The first-order chi connectivity index (χ1) is 12.1. The van der Waals surface area contributed by atoms with E-state index in [9.17, 15) is 0 Å². The molecule has 6 nitrogen and oxygen atoms in total. The van der Waals surface area contributed by atoms with Crippen LogP contribution in [0.1, 0.15) is 31.3 Å². The van der Waals surface area contributed by atoms with Crippen molar-refractivity contribution in [2.75, 3.05) is 26.7 Å². The highest BCUT2D eigenvalue weighted by Gasteiger charge is 2.26. The lowest BCUT2D eigenvalue weighted by Gasteiger charge is -2.35. The van der Waals surface area contributed by atoms with Gasteiger partial charge in [-0.3, -0.25) is 4.90 Å². The Morgan fingerprint density at radius 2 is 2.16 bits per heavy atom. The molecule has 0 aliphatic carbocycles. The van der Waals surface area contributed by atoms with Gasteiger partial charge >= 0.3 is 0 Å². The summed E-state index contributed by atoms with van der Waals surface area (Å²) in [6.45, 7) is 7.79. The van der Waals surface area contributed by atoms with Crippen LogP contribution in [-0.2, 0) is 13.6 Å². The monoisotopic (exact) mass is 344 g/mol. The van der Waals surface area contributed by atoms with Gasteiger partial charge in [-0.15, -0.1) is 0 Å². The van der Waals surface area contributed by atoms with E-state index in [1.165, 1.54) is 5.56 Å². The molecule has 1 atom stereocenters. The molecular formula is C19H28N4O2. The molecule has 25 heavy (non-hydrogen) atoms. The average Bonchev–Trinajstić information content (AvgIpc) is 3.02. The summed E-state index contributed by atoms with van der Waals surface area (Å²) in [5, 5.41) is 3.48. The number of piperazine rings is 1. The van der Waals surface area contributed by atoms with E-state index in [0.717, 1.165) is 43.5 Å². The second-order valence-electron chi connectivity index (χ2n) is 6.74. The number of methoxy groups -OCH3 is 1. The van der Waals surface area contributed by atoms with Gasteiger partial charge in [0.05, 0.1) is 19.3 Å². The standard InChI is InChI=1S/C19H28N4O2/c1-14(2)25-17-6-5-15(11-18(17)24-4)13-23-10-7-20-12-16(23)19-21-8-9-22(19)3/h5-6,8-9,11,14,16,20H,7,10,12-13H2,1-4H3. The van der Waals surface area contributed by atoms with Crippen molar-refractivity contribution < 1.29 is 9.47 Å². The van der Waals surface area contributed by atoms with Crippen LogP contribution in [0.2, 0.25) is 0 Å². The molecule has 0 amide bonds. The summed E-state index contributed by atoms with van der Waals surface area (Å²) in [5.74, 6) is 2.68. The lowest BCUT2D eigenvalue weighted by molar-refractivity contribution is 0.144. The lowest BCUT2D eigenvalue weighted by atomic mass is 10.1. The summed E-state index contributed by atoms with van der Waals surface area (Å²) in [7, 11) is 3.74. The van der Waals surface area contributed by atoms with Gasteiger partial charge in [0.2, 0.25) is 0 Å². The van der Waals surface area contributed by atoms with Crippen molar-refractivity contribution in [3.8, 4) is 11.5 Å². The molecule has 1 N–H and O–H groups in total. The first-order valence-electron chi connectivity index (χ1n) is 8.84. The maximum absolute atomic E-state index is 5.82. The number of rotatable bonds is 6. The van der Waals surface area contributed by atoms with Crippen molar-refractivity contribution in [3.05, 3.63) is 42.0 Å². The van der Waals surface area contributed by atoms with E-state index in [1.54, 1.807) is 7.11 Å². The second-order valence-corrected chi connectivity index (χ2v) is 6.74. The molecule has 1 aromatic heterocycles. The Balaban J connectivity index is 1.79. The van der Waals surface area contributed by atoms with Crippen LogP contribution in [0.4, 0.5) is 0 Å². The van der Waals surface area contributed by atoms with Crippen molar-refractivity contribution in [1.29, 1.82) is 0 Å². The predicted molar refractivity (Wildman–Crippen MR) is 98.0 cm³/mol. The van der Waals surface area contributed by atoms with Crippen LogP contribution in [0, 0.1) is 0 Å². The maximum atomic E-state index is 5.82. The Hall–Kier alpha value is -2.05. The number of aromatic nitrogens is 2. The number of nitrogens with zero attached hydrogens (tertiary/aromatic N) is 3. The minimum absolute atomic E-state index is 0.126. The lowest BCUT2D eigenvalue weighted by Crippen LogP contribution is -2.46. The molecular weight excluding hydrogens is 316 g/mol. The number of nitrogens with one attached hydrogen (secondary N) is 1. The number of benzene rings is 1. The van der Waals surface area contributed by atoms with Crippen LogP contribution in [0.5, 0.6) is 11.5 Å². The van der Waals surface area contributed by atoms with Crippen LogP contribution in [0.3, 0.4) is 0 Å². The summed E-state index contributed by atoms with van der Waals surface area (Å²) in [6, 6.07) is 6.48. The van der Waals surface area contributed by atoms with Crippen molar-refractivity contribution in [3.63, 3.8) is 0 Å². The molecule has 1 fully saturated rings. The van der Waals surface area contributed by atoms with Gasteiger partial charge in [0.1, 0.15) is 5.82 Å². The van der Waals surface area contributed by atoms with Crippen molar-refractivity contribution in [1.82, 2.24) is 19.8 Å². The number of ether oxygens (including phenoxy) is 2. The molecule has 1 aliphatic rings. The van der Waals surface area contributed by atoms with E-state index < -0.39 is 0 Å². The first kappa shape index (κ1) is 17.8. The second kappa shape index (κ2) is 7.89. The molecule has 0 saturated carbocycles. The first-order valence-corrected chi connectivity index (χ1v) is 8.84. The zero-order valence-electron chi connectivity index (χ0n) is 15.5. The molecule has 3 rings (SSSR count). The minimum atomic E-state index is 0.126. The average molecular weight is 344 g/mol. The van der Waals surface area contributed by atoms with Crippen LogP contribution in [0.15, 0.2) is 30.6 Å². The molecule has 2 heterocycles. The molecule has 0 bridgehead atoms. The highest BCUT2D eigenvalue weighted by Crippen LogP contribution is 2.31. The van der Waals surface area contributed by atoms with Crippen LogP contribution in [-0.4, -0.2) is 47.3 Å². The van der Waals surface area contributed by atoms with E-state index in [0.29, 0.717) is 0 Å². The van der Waals surface area contributed by atoms with Gasteiger partial charge in [0.25, 0.3) is 0 Å². The third-order valence-electron chi connectivity index (χ3n) is 4.49. The zero-order valence-corrected chi connectivity index (χ0v) is 15.5. The molecule has 6 heteroatoms. The fourth-order valence-corrected chi connectivity index (χ4v) is 3.28. The van der Waals surface area contributed by atoms with E-state index >= 15 is 0 Å². The molecule has 0 spiro atoms. The molecule has 1 aromatic carbocycles. The summed E-state index contributed by atoms with van der Waals surface area (Å²) in [6.07, 6.45) is 3.99. The smallest absolute Gasteiger partial charge is 0.161 e. The highest BCUT2D eigenvalue weighted by molar-refractivity contribution is 5.43. The van der Waals surface area contributed by atoms with Gasteiger partial charge in [-0.25, -0.2) is 4.98 Å². The van der Waals surface area contributed by atoms with Crippen LogP contribution >= 0.6 is 0 Å². The largest absolute Gasteiger partial charge is 0.493 e. The molecule has 1 saturated heterocycles. The number of hydrogen-bond donors (Lipinski definition) is 1. The summed E-state index contributed by atoms with van der Waals surface area (Å²) in [5.41, 5.74) is 1.22. The predicted octanol–water partition coefficient (Wildman–Crippen LogP) is 2.36. The van der Waals surface area contributed by atoms with Crippen LogP contribution in [0.25, 0.3) is 0 Å². The Morgan fingerprint density at radius 1 is 1.32 bits per heavy atom. The van der Waals surface area contributed by atoms with E-state index in [1.807, 2.05) is 32.3 Å². The maximum Gasteiger partial charge on any atom is 0.161 e. The topological polar surface area (TPSA) is 51.5 Å². The Bertz CT molecular complexity index is 698. The Kier molecular flexibility index (Phi) is 5.60. The Morgan fingerprint density at radius 3 is 2.84 bits per heavy atom. The number of hydrogen-bond acceptors (Lipinski definition) is 5. The number of aryl methyl sites for hydroxylation is 1. The van der Waals surface area contributed by atoms with Gasteiger partial charge in [0.15, 0.2) is 11.5 Å². The normalized spacial score (nSPS) is 18.5. The zero-order chi connectivity index (χ0) is 17.8. The highest BCUT2D eigenvalue weighted by atomic mass is 16.5. The van der Waals surface area contributed by atoms with Gasteiger partial charge in [-0.1, -0.05) is 6.07 Å². The Labute approximate surface area is 149 Å². The molecule has 2 aromatic rings. The third kappa shape index (κ3) is 4.14. The third-order valence-corrected chi connectivity index (χ3v) is 4.49.